The van der Waals surface area contributed by atoms with Gasteiger partial charge < -0.3 is 9.15 Å². The second kappa shape index (κ2) is 9.51. The van der Waals surface area contributed by atoms with E-state index in [1.54, 1.807) is 43.3 Å². The molecule has 0 aliphatic rings. The molecular weight excluding hydrogens is 470 g/mol. The Hall–Kier alpha value is -4.31. The summed E-state index contributed by atoms with van der Waals surface area (Å²) in [7, 11) is -1.02. The Morgan fingerprint density at radius 3 is 2.29 bits per heavy atom. The highest BCUT2D eigenvalue weighted by Crippen LogP contribution is 2.26. The first kappa shape index (κ1) is 23.8. The van der Waals surface area contributed by atoms with Crippen molar-refractivity contribution in [2.45, 2.75) is 11.8 Å². The van der Waals surface area contributed by atoms with Crippen molar-refractivity contribution in [3.05, 3.63) is 89.7 Å². The number of hydrogen-bond donors (Lipinski definition) is 2. The molecule has 1 heterocycles. The molecule has 2 N–H and O–H groups in total. The molecular formula is C25H23N3O6S. The molecule has 0 spiro atoms. The van der Waals surface area contributed by atoms with E-state index in [4.69, 9.17) is 9.15 Å². The summed E-state index contributed by atoms with van der Waals surface area (Å²) >= 11 is 0. The van der Waals surface area contributed by atoms with Gasteiger partial charge in [-0.1, -0.05) is 24.3 Å². The Balaban J connectivity index is 1.49. The van der Waals surface area contributed by atoms with E-state index >= 15 is 0 Å². The topological polar surface area (TPSA) is 118 Å². The zero-order valence-electron chi connectivity index (χ0n) is 19.2. The average molecular weight is 494 g/mol. The number of rotatable bonds is 6. The molecule has 0 atom stereocenters. The first-order valence-corrected chi connectivity index (χ1v) is 12.0. The Morgan fingerprint density at radius 1 is 0.914 bits per heavy atom. The predicted molar refractivity (Wildman–Crippen MR) is 131 cm³/mol. The molecule has 35 heavy (non-hydrogen) atoms. The van der Waals surface area contributed by atoms with Crippen molar-refractivity contribution in [2.24, 2.45) is 0 Å². The third kappa shape index (κ3) is 4.69. The zero-order chi connectivity index (χ0) is 25.2. The number of hydrazine groups is 1. The number of fused-ring (bicyclic) bond motifs is 1. The van der Waals surface area contributed by atoms with E-state index in [9.17, 15) is 18.0 Å². The molecule has 0 saturated carbocycles. The van der Waals surface area contributed by atoms with Gasteiger partial charge in [-0.3, -0.25) is 24.7 Å². The first-order valence-electron chi connectivity index (χ1n) is 10.5. The Kier molecular flexibility index (Phi) is 6.48. The largest absolute Gasteiger partial charge is 0.497 e. The second-order valence-electron chi connectivity index (χ2n) is 7.66. The van der Waals surface area contributed by atoms with Crippen LogP contribution in [0.15, 0.2) is 82.1 Å². The van der Waals surface area contributed by atoms with Crippen LogP contribution in [0.25, 0.3) is 11.0 Å². The Morgan fingerprint density at radius 2 is 1.60 bits per heavy atom. The average Bonchev–Trinajstić information content (AvgIpc) is 3.23. The molecule has 3 aromatic carbocycles. The van der Waals surface area contributed by atoms with Crippen LogP contribution in [0.2, 0.25) is 0 Å². The summed E-state index contributed by atoms with van der Waals surface area (Å²) in [6.45, 7) is 1.75. The number of para-hydroxylation sites is 1. The number of carbonyl (C=O) groups excluding carboxylic acids is 2. The smallest absolute Gasteiger partial charge is 0.305 e. The van der Waals surface area contributed by atoms with E-state index in [1.807, 2.05) is 12.1 Å². The van der Waals surface area contributed by atoms with Gasteiger partial charge in [0.1, 0.15) is 11.3 Å². The number of aryl methyl sites for hydroxylation is 1. The maximum absolute atomic E-state index is 13.1. The van der Waals surface area contributed by atoms with Crippen LogP contribution in [-0.2, 0) is 10.0 Å². The number of carbonyl (C=O) groups is 2. The summed E-state index contributed by atoms with van der Waals surface area (Å²) in [6, 6.07) is 19.3. The van der Waals surface area contributed by atoms with Crippen LogP contribution >= 0.6 is 0 Å². The molecule has 0 bridgehead atoms. The summed E-state index contributed by atoms with van der Waals surface area (Å²) < 4.78 is 38.0. The maximum Gasteiger partial charge on any atom is 0.305 e. The number of nitrogens with zero attached hydrogens (tertiary/aromatic N) is 1. The third-order valence-electron chi connectivity index (χ3n) is 5.53. The van der Waals surface area contributed by atoms with E-state index < -0.39 is 21.8 Å². The van der Waals surface area contributed by atoms with Crippen molar-refractivity contribution < 1.29 is 27.2 Å². The summed E-state index contributed by atoms with van der Waals surface area (Å²) in [5.41, 5.74) is 6.29. The molecule has 0 saturated heterocycles. The van der Waals surface area contributed by atoms with Gasteiger partial charge in [-0.2, -0.15) is 0 Å². The third-order valence-corrected chi connectivity index (χ3v) is 7.31. The number of hydrogen-bond acceptors (Lipinski definition) is 6. The highest BCUT2D eigenvalue weighted by atomic mass is 32.2. The molecule has 0 unspecified atom stereocenters. The number of nitrogens with one attached hydrogen (secondary N) is 2. The maximum atomic E-state index is 13.1. The molecule has 4 aromatic rings. The SMILES string of the molecule is COc1ccc(N(C)S(=O)(=O)c2cccc(C(=O)NNC(=O)c3oc4ccccc4c3C)c2)cc1. The van der Waals surface area contributed by atoms with Gasteiger partial charge in [0.25, 0.3) is 15.9 Å². The van der Waals surface area contributed by atoms with Gasteiger partial charge in [-0.25, -0.2) is 8.42 Å². The molecule has 0 aliphatic carbocycles. The molecule has 2 amide bonds. The first-order chi connectivity index (χ1) is 16.7. The fourth-order valence-electron chi connectivity index (χ4n) is 3.52. The van der Waals surface area contributed by atoms with Crippen molar-refractivity contribution in [3.63, 3.8) is 0 Å². The Labute approximate surface area is 202 Å². The quantitative estimate of drug-likeness (QED) is 0.396. The van der Waals surface area contributed by atoms with Gasteiger partial charge in [0.15, 0.2) is 5.76 Å². The zero-order valence-corrected chi connectivity index (χ0v) is 20.0. The molecule has 1 aromatic heterocycles. The van der Waals surface area contributed by atoms with Crippen LogP contribution in [0.3, 0.4) is 0 Å². The lowest BCUT2D eigenvalue weighted by Crippen LogP contribution is -2.41. The molecule has 180 valence electrons. The minimum atomic E-state index is -3.95. The fraction of sp³-hybridized carbons (Fsp3) is 0.120. The van der Waals surface area contributed by atoms with E-state index in [2.05, 4.69) is 10.9 Å². The monoisotopic (exact) mass is 493 g/mol. The number of benzene rings is 3. The highest BCUT2D eigenvalue weighted by Gasteiger charge is 2.23. The highest BCUT2D eigenvalue weighted by molar-refractivity contribution is 7.92. The fourth-order valence-corrected chi connectivity index (χ4v) is 4.76. The minimum absolute atomic E-state index is 0.0517. The summed E-state index contributed by atoms with van der Waals surface area (Å²) in [5.74, 6) is -0.645. The van der Waals surface area contributed by atoms with E-state index in [1.165, 1.54) is 38.4 Å². The molecule has 4 rings (SSSR count). The van der Waals surface area contributed by atoms with Crippen molar-refractivity contribution >= 4 is 38.5 Å². The van der Waals surface area contributed by atoms with Gasteiger partial charge in [0.2, 0.25) is 0 Å². The van der Waals surface area contributed by atoms with Crippen LogP contribution in [0.4, 0.5) is 5.69 Å². The lowest BCUT2D eigenvalue weighted by Gasteiger charge is -2.20. The van der Waals surface area contributed by atoms with Crippen LogP contribution in [0, 0.1) is 6.92 Å². The van der Waals surface area contributed by atoms with Crippen LogP contribution in [-0.4, -0.2) is 34.4 Å². The normalized spacial score (nSPS) is 11.2. The van der Waals surface area contributed by atoms with Crippen LogP contribution in [0.5, 0.6) is 5.75 Å². The molecule has 0 radical (unpaired) electrons. The number of ether oxygens (including phenoxy) is 1. The molecule has 0 aliphatic heterocycles. The lowest BCUT2D eigenvalue weighted by atomic mass is 10.1. The van der Waals surface area contributed by atoms with Gasteiger partial charge in [-0.05, 0) is 55.5 Å². The van der Waals surface area contributed by atoms with Crippen LogP contribution in [0.1, 0.15) is 26.5 Å². The summed E-state index contributed by atoms with van der Waals surface area (Å²) in [4.78, 5) is 25.1. The number of anilines is 1. The summed E-state index contributed by atoms with van der Waals surface area (Å²) in [6.07, 6.45) is 0. The molecule has 9 nitrogen and oxygen atoms in total. The van der Waals surface area contributed by atoms with E-state index in [0.717, 1.165) is 9.69 Å². The van der Waals surface area contributed by atoms with Gasteiger partial charge in [0.05, 0.1) is 17.7 Å². The van der Waals surface area contributed by atoms with Gasteiger partial charge in [0, 0.05) is 23.6 Å². The van der Waals surface area contributed by atoms with Crippen molar-refractivity contribution in [1.29, 1.82) is 0 Å². The predicted octanol–water partition coefficient (Wildman–Crippen LogP) is 3.65. The van der Waals surface area contributed by atoms with Crippen molar-refractivity contribution in [2.75, 3.05) is 18.5 Å². The minimum Gasteiger partial charge on any atom is -0.497 e. The van der Waals surface area contributed by atoms with Crippen molar-refractivity contribution in [3.8, 4) is 5.75 Å². The number of sulfonamides is 1. The lowest BCUT2D eigenvalue weighted by molar-refractivity contribution is 0.0831. The number of amides is 2. The number of methoxy groups -OCH3 is 1. The Bertz CT molecular complexity index is 1510. The van der Waals surface area contributed by atoms with Gasteiger partial charge >= 0.3 is 5.91 Å². The van der Waals surface area contributed by atoms with Gasteiger partial charge in [-0.15, -0.1) is 0 Å². The summed E-state index contributed by atoms with van der Waals surface area (Å²) in [5, 5.41) is 0.794. The number of furan rings is 1. The van der Waals surface area contributed by atoms with E-state index in [0.29, 0.717) is 22.6 Å². The second-order valence-corrected chi connectivity index (χ2v) is 9.63. The van der Waals surface area contributed by atoms with E-state index in [-0.39, 0.29) is 16.2 Å². The van der Waals surface area contributed by atoms with Crippen LogP contribution < -0.4 is 19.9 Å². The molecule has 0 fully saturated rings. The molecule has 10 heteroatoms. The standard InChI is InChI=1S/C25H23N3O6S/c1-16-21-9-4-5-10-22(21)34-23(16)25(30)27-26-24(29)17-7-6-8-20(15-17)35(31,32)28(2)18-11-13-19(33-3)14-12-18/h4-15H,1-3H3,(H,26,29)(H,27,30). The van der Waals surface area contributed by atoms with Crippen molar-refractivity contribution in [1.82, 2.24) is 10.9 Å².